The quantitative estimate of drug-likeness (QED) is 0.827. The Bertz CT molecular complexity index is 435. The molecule has 0 amide bonds. The second-order valence-electron chi connectivity index (χ2n) is 5.15. The van der Waals surface area contributed by atoms with E-state index in [2.05, 4.69) is 0 Å². The standard InChI is InChI=1S/C13H18F2N2O/c1-13(2)8-17(5-6-18-13)11-4-3-9(16)7-10(11)12(14)15/h3-4,7,12H,5-6,8,16H2,1-2H3. The van der Waals surface area contributed by atoms with Crippen LogP contribution >= 0.6 is 0 Å². The average molecular weight is 256 g/mol. The number of anilines is 2. The van der Waals surface area contributed by atoms with Gasteiger partial charge >= 0.3 is 0 Å². The zero-order valence-electron chi connectivity index (χ0n) is 10.6. The SMILES string of the molecule is CC1(C)CN(c2ccc(N)cc2C(F)F)CCO1. The molecule has 18 heavy (non-hydrogen) atoms. The maximum Gasteiger partial charge on any atom is 0.265 e. The summed E-state index contributed by atoms with van der Waals surface area (Å²) in [4.78, 5) is 1.93. The largest absolute Gasteiger partial charge is 0.399 e. The molecule has 0 spiro atoms. The highest BCUT2D eigenvalue weighted by Crippen LogP contribution is 2.33. The van der Waals surface area contributed by atoms with Crippen LogP contribution < -0.4 is 10.6 Å². The van der Waals surface area contributed by atoms with Gasteiger partial charge in [-0.25, -0.2) is 8.78 Å². The highest BCUT2D eigenvalue weighted by atomic mass is 19.3. The van der Waals surface area contributed by atoms with E-state index in [9.17, 15) is 8.78 Å². The summed E-state index contributed by atoms with van der Waals surface area (Å²) in [6.45, 7) is 5.67. The molecule has 0 saturated carbocycles. The minimum Gasteiger partial charge on any atom is -0.399 e. The summed E-state index contributed by atoms with van der Waals surface area (Å²) in [5, 5.41) is 0. The molecule has 100 valence electrons. The van der Waals surface area contributed by atoms with Gasteiger partial charge < -0.3 is 15.4 Å². The highest BCUT2D eigenvalue weighted by Gasteiger charge is 2.29. The molecule has 0 radical (unpaired) electrons. The lowest BCUT2D eigenvalue weighted by molar-refractivity contribution is -0.0278. The van der Waals surface area contributed by atoms with Crippen molar-refractivity contribution in [3.05, 3.63) is 23.8 Å². The van der Waals surface area contributed by atoms with Gasteiger partial charge in [-0.1, -0.05) is 0 Å². The van der Waals surface area contributed by atoms with Crippen molar-refractivity contribution >= 4 is 11.4 Å². The maximum absolute atomic E-state index is 13.0. The van der Waals surface area contributed by atoms with E-state index in [1.54, 1.807) is 12.1 Å². The Hall–Kier alpha value is -1.36. The first-order valence-electron chi connectivity index (χ1n) is 5.95. The topological polar surface area (TPSA) is 38.5 Å². The van der Waals surface area contributed by atoms with Gasteiger partial charge in [-0.15, -0.1) is 0 Å². The normalized spacial score (nSPS) is 19.3. The molecule has 3 nitrogen and oxygen atoms in total. The molecule has 1 aliphatic heterocycles. The lowest BCUT2D eigenvalue weighted by atomic mass is 10.0. The molecule has 0 aliphatic carbocycles. The van der Waals surface area contributed by atoms with E-state index in [0.29, 0.717) is 31.1 Å². The molecule has 1 aromatic rings. The van der Waals surface area contributed by atoms with Crippen LogP contribution in [-0.4, -0.2) is 25.3 Å². The predicted octanol–water partition coefficient (Wildman–Crippen LogP) is 2.82. The van der Waals surface area contributed by atoms with Crippen LogP contribution in [0.25, 0.3) is 0 Å². The maximum atomic E-state index is 13.0. The molecular weight excluding hydrogens is 238 g/mol. The van der Waals surface area contributed by atoms with Gasteiger partial charge in [-0.3, -0.25) is 0 Å². The minimum atomic E-state index is -2.52. The Morgan fingerprint density at radius 1 is 1.39 bits per heavy atom. The lowest BCUT2D eigenvalue weighted by Gasteiger charge is -2.40. The summed E-state index contributed by atoms with van der Waals surface area (Å²) < 4.78 is 31.7. The van der Waals surface area contributed by atoms with Crippen molar-refractivity contribution in [3.8, 4) is 0 Å². The third kappa shape index (κ3) is 2.72. The number of hydrogen-bond acceptors (Lipinski definition) is 3. The molecule has 1 aliphatic rings. The van der Waals surface area contributed by atoms with Gasteiger partial charge in [0.15, 0.2) is 0 Å². The first-order chi connectivity index (χ1) is 8.39. The Morgan fingerprint density at radius 3 is 2.72 bits per heavy atom. The fraction of sp³-hybridized carbons (Fsp3) is 0.538. The zero-order valence-corrected chi connectivity index (χ0v) is 10.6. The number of ether oxygens (including phenoxy) is 1. The van der Waals surface area contributed by atoms with Gasteiger partial charge in [0, 0.05) is 30.0 Å². The minimum absolute atomic E-state index is 0.00676. The van der Waals surface area contributed by atoms with Crippen molar-refractivity contribution in [2.45, 2.75) is 25.9 Å². The van der Waals surface area contributed by atoms with Gasteiger partial charge in [0.1, 0.15) is 0 Å². The highest BCUT2D eigenvalue weighted by molar-refractivity contribution is 5.60. The molecule has 1 fully saturated rings. The molecule has 1 aromatic carbocycles. The number of nitrogen functional groups attached to an aromatic ring is 1. The van der Waals surface area contributed by atoms with Crippen molar-refractivity contribution in [2.75, 3.05) is 30.3 Å². The Labute approximate surface area is 106 Å². The van der Waals surface area contributed by atoms with Crippen LogP contribution in [-0.2, 0) is 4.74 Å². The molecule has 0 bridgehead atoms. The number of alkyl halides is 2. The predicted molar refractivity (Wildman–Crippen MR) is 68.1 cm³/mol. The van der Waals surface area contributed by atoms with E-state index < -0.39 is 6.43 Å². The second kappa shape index (κ2) is 4.72. The summed E-state index contributed by atoms with van der Waals surface area (Å²) >= 11 is 0. The fourth-order valence-corrected chi connectivity index (χ4v) is 2.26. The van der Waals surface area contributed by atoms with Crippen LogP contribution in [0, 0.1) is 0 Å². The Kier molecular flexibility index (Phi) is 3.43. The summed E-state index contributed by atoms with van der Waals surface area (Å²) in [5.41, 5.74) is 6.16. The molecule has 0 atom stereocenters. The number of nitrogens with zero attached hydrogens (tertiary/aromatic N) is 1. The Balaban J connectivity index is 2.32. The van der Waals surface area contributed by atoms with Gasteiger partial charge in [-0.2, -0.15) is 0 Å². The monoisotopic (exact) mass is 256 g/mol. The summed E-state index contributed by atoms with van der Waals surface area (Å²) in [7, 11) is 0. The smallest absolute Gasteiger partial charge is 0.265 e. The third-order valence-corrected chi connectivity index (χ3v) is 3.05. The molecular formula is C13H18F2N2O. The van der Waals surface area contributed by atoms with E-state index in [1.165, 1.54) is 6.07 Å². The van der Waals surface area contributed by atoms with Crippen molar-refractivity contribution < 1.29 is 13.5 Å². The summed E-state index contributed by atoms with van der Waals surface area (Å²) in [5.74, 6) is 0. The van der Waals surface area contributed by atoms with Gasteiger partial charge in [0.2, 0.25) is 0 Å². The number of morpholine rings is 1. The number of hydrogen-bond donors (Lipinski definition) is 1. The number of nitrogens with two attached hydrogens (primary N) is 1. The van der Waals surface area contributed by atoms with E-state index in [-0.39, 0.29) is 11.2 Å². The van der Waals surface area contributed by atoms with E-state index in [0.717, 1.165) is 0 Å². The molecule has 2 N–H and O–H groups in total. The summed E-state index contributed by atoms with van der Waals surface area (Å²) in [6.07, 6.45) is -2.52. The summed E-state index contributed by atoms with van der Waals surface area (Å²) in [6, 6.07) is 4.67. The van der Waals surface area contributed by atoms with Gasteiger partial charge in [0.25, 0.3) is 6.43 Å². The molecule has 2 rings (SSSR count). The van der Waals surface area contributed by atoms with Gasteiger partial charge in [0.05, 0.1) is 12.2 Å². The zero-order chi connectivity index (χ0) is 13.3. The van der Waals surface area contributed by atoms with Crippen LogP contribution in [0.5, 0.6) is 0 Å². The first kappa shape index (κ1) is 13.1. The van der Waals surface area contributed by atoms with Crippen molar-refractivity contribution in [1.82, 2.24) is 0 Å². The molecule has 5 heteroatoms. The van der Waals surface area contributed by atoms with E-state index in [1.807, 2.05) is 18.7 Å². The molecule has 0 unspecified atom stereocenters. The fourth-order valence-electron chi connectivity index (χ4n) is 2.26. The van der Waals surface area contributed by atoms with Crippen LogP contribution in [0.15, 0.2) is 18.2 Å². The molecule has 1 heterocycles. The molecule has 0 aromatic heterocycles. The van der Waals surface area contributed by atoms with Crippen LogP contribution in [0.3, 0.4) is 0 Å². The van der Waals surface area contributed by atoms with Gasteiger partial charge in [-0.05, 0) is 32.0 Å². The number of rotatable bonds is 2. The first-order valence-corrected chi connectivity index (χ1v) is 5.95. The Morgan fingerprint density at radius 2 is 2.11 bits per heavy atom. The second-order valence-corrected chi connectivity index (χ2v) is 5.15. The van der Waals surface area contributed by atoms with Crippen LogP contribution in [0.4, 0.5) is 20.2 Å². The van der Waals surface area contributed by atoms with Crippen LogP contribution in [0.2, 0.25) is 0 Å². The lowest BCUT2D eigenvalue weighted by Crippen LogP contribution is -2.48. The third-order valence-electron chi connectivity index (χ3n) is 3.05. The number of halogens is 2. The van der Waals surface area contributed by atoms with E-state index >= 15 is 0 Å². The van der Waals surface area contributed by atoms with Crippen molar-refractivity contribution in [3.63, 3.8) is 0 Å². The van der Waals surface area contributed by atoms with Crippen molar-refractivity contribution in [2.24, 2.45) is 0 Å². The van der Waals surface area contributed by atoms with Crippen LogP contribution in [0.1, 0.15) is 25.8 Å². The van der Waals surface area contributed by atoms with E-state index in [4.69, 9.17) is 10.5 Å². The average Bonchev–Trinajstić information content (AvgIpc) is 2.27. The van der Waals surface area contributed by atoms with Crippen molar-refractivity contribution in [1.29, 1.82) is 0 Å². The number of benzene rings is 1. The molecule has 1 saturated heterocycles.